The summed E-state index contributed by atoms with van der Waals surface area (Å²) in [5, 5.41) is 43.1. The first-order chi connectivity index (χ1) is 24.7. The van der Waals surface area contributed by atoms with Gasteiger partial charge >= 0.3 is 26.4 Å². The van der Waals surface area contributed by atoms with E-state index in [0.29, 0.717) is 12.5 Å². The van der Waals surface area contributed by atoms with Crippen molar-refractivity contribution in [3.8, 4) is 0 Å². The van der Waals surface area contributed by atoms with Gasteiger partial charge in [0, 0.05) is 83.8 Å². The van der Waals surface area contributed by atoms with E-state index in [9.17, 15) is 34.8 Å². The van der Waals surface area contributed by atoms with Crippen molar-refractivity contribution in [2.24, 2.45) is 5.92 Å². The summed E-state index contributed by atoms with van der Waals surface area (Å²) in [6.45, 7) is 5.51. The van der Waals surface area contributed by atoms with Crippen LogP contribution in [0.1, 0.15) is 58.8 Å². The monoisotopic (exact) mass is 828 g/mol. The summed E-state index contributed by atoms with van der Waals surface area (Å²) in [6, 6.07) is -0.621. The molecule has 5 atom stereocenters. The quantitative estimate of drug-likeness (QED) is 0.0211. The van der Waals surface area contributed by atoms with Crippen molar-refractivity contribution in [3.05, 3.63) is 0 Å². The van der Waals surface area contributed by atoms with Crippen molar-refractivity contribution in [2.45, 2.75) is 101 Å². The molecule has 53 heavy (non-hydrogen) atoms. The molecule has 0 aromatic carbocycles. The lowest BCUT2D eigenvalue weighted by atomic mass is 10.0. The maximum absolute atomic E-state index is 10.9. The van der Waals surface area contributed by atoms with Crippen molar-refractivity contribution >= 4 is 26.4 Å². The fourth-order valence-electron chi connectivity index (χ4n) is 5.36. The third-order valence-electron chi connectivity index (χ3n) is 8.15. The van der Waals surface area contributed by atoms with Crippen molar-refractivity contribution in [2.75, 3.05) is 92.1 Å². The lowest BCUT2D eigenvalue weighted by Gasteiger charge is -2.32. The Balaban J connectivity index is 5.47. The molecule has 0 fully saturated rings. The highest BCUT2D eigenvalue weighted by Crippen LogP contribution is 2.13. The Morgan fingerprint density at radius 1 is 0.453 bits per heavy atom. The van der Waals surface area contributed by atoms with Gasteiger partial charge in [-0.05, 0) is 31.6 Å². The van der Waals surface area contributed by atoms with Crippen molar-refractivity contribution in [1.82, 2.24) is 9.80 Å². The first-order valence-corrected chi connectivity index (χ1v) is 24.9. The highest BCUT2D eigenvalue weighted by Gasteiger charge is 2.28. The van der Waals surface area contributed by atoms with Gasteiger partial charge < -0.3 is 82.5 Å². The van der Waals surface area contributed by atoms with Gasteiger partial charge in [0.25, 0.3) is 0 Å². The van der Waals surface area contributed by atoms with Crippen LogP contribution in [0.15, 0.2) is 0 Å². The summed E-state index contributed by atoms with van der Waals surface area (Å²) >= 11 is 0. The molecule has 0 saturated heterocycles. The molecule has 0 bridgehead atoms. The molecule has 0 amide bonds. The van der Waals surface area contributed by atoms with Gasteiger partial charge in [0.2, 0.25) is 0 Å². The van der Waals surface area contributed by atoms with Gasteiger partial charge in [0.15, 0.2) is 0 Å². The van der Waals surface area contributed by atoms with Gasteiger partial charge in [-0.2, -0.15) is 0 Å². The molecule has 19 nitrogen and oxygen atoms in total. The minimum atomic E-state index is -4.20. The largest absolute Gasteiger partial charge is 0.492 e. The summed E-state index contributed by atoms with van der Waals surface area (Å²) in [7, 11) is -12.6. The fraction of sp³-hybridized carbons (Fsp3) is 1.00. The smallest absolute Gasteiger partial charge is 0.390 e. The number of nitrogens with zero attached hydrogens (tertiary/aromatic N) is 2. The molecule has 0 rings (SSSR count). The zero-order chi connectivity index (χ0) is 40.3. The Hall–Kier alpha value is -0.109. The maximum Gasteiger partial charge on any atom is 0.492 e. The van der Waals surface area contributed by atoms with E-state index in [1.165, 1.54) is 0 Å². The van der Waals surface area contributed by atoms with E-state index in [1.54, 1.807) is 9.80 Å². The lowest BCUT2D eigenvalue weighted by molar-refractivity contribution is -0.0266. The van der Waals surface area contributed by atoms with E-state index in [2.05, 4.69) is 13.8 Å². The highest BCUT2D eigenvalue weighted by molar-refractivity contribution is 6.56. The highest BCUT2D eigenvalue weighted by atomic mass is 28.4. The first kappa shape index (κ1) is 52.9. The molecule has 0 radical (unpaired) electrons. The molecule has 0 spiro atoms. The molecular weight excluding hydrogens is 757 g/mol. The van der Waals surface area contributed by atoms with E-state index in [4.69, 9.17) is 47.7 Å². The average molecular weight is 829 g/mol. The van der Waals surface area contributed by atoms with Crippen molar-refractivity contribution in [1.29, 1.82) is 0 Å². The normalized spacial score (nSPS) is 16.0. The summed E-state index contributed by atoms with van der Waals surface area (Å²) in [6.07, 6.45) is 0.769. The molecule has 13 N–H and O–H groups in total. The van der Waals surface area contributed by atoms with Gasteiger partial charge in [0.05, 0.1) is 50.8 Å². The minimum absolute atomic E-state index is 0.0378. The molecule has 320 valence electrons. The van der Waals surface area contributed by atoms with Crippen LogP contribution in [0.2, 0.25) is 18.1 Å². The maximum atomic E-state index is 10.9. The molecule has 0 aliphatic carbocycles. The third-order valence-corrected chi connectivity index (χ3v) is 11.2. The van der Waals surface area contributed by atoms with Crippen molar-refractivity contribution in [3.63, 3.8) is 0 Å². The van der Waals surface area contributed by atoms with Crippen LogP contribution < -0.4 is 0 Å². The number of rotatable bonds is 37. The molecule has 0 aliphatic heterocycles. The van der Waals surface area contributed by atoms with Gasteiger partial charge in [-0.15, -0.1) is 0 Å². The van der Waals surface area contributed by atoms with Crippen LogP contribution in [0.5, 0.6) is 0 Å². The summed E-state index contributed by atoms with van der Waals surface area (Å²) < 4.78 is 22.2. The summed E-state index contributed by atoms with van der Waals surface area (Å²) in [4.78, 5) is 86.0. The number of hydrogen-bond donors (Lipinski definition) is 13. The van der Waals surface area contributed by atoms with Crippen LogP contribution in [-0.4, -0.2) is 216 Å². The van der Waals surface area contributed by atoms with Crippen LogP contribution >= 0.6 is 0 Å². The first-order valence-electron chi connectivity index (χ1n) is 18.7. The molecule has 0 aliphatic rings. The Morgan fingerprint density at radius 3 is 1.06 bits per heavy atom. The molecule has 0 heterocycles. The van der Waals surface area contributed by atoms with E-state index in [0.717, 1.165) is 25.7 Å². The Kier molecular flexibility index (Phi) is 30.0. The van der Waals surface area contributed by atoms with Crippen molar-refractivity contribution < 1.29 is 82.5 Å². The number of unbranched alkanes of at least 4 members (excludes halogenated alkanes) is 1. The van der Waals surface area contributed by atoms with E-state index >= 15 is 0 Å². The number of hydrogen-bond acceptors (Lipinski definition) is 19. The Labute approximate surface area is 317 Å². The second-order valence-corrected chi connectivity index (χ2v) is 20.1. The summed E-state index contributed by atoms with van der Waals surface area (Å²) in [5.74, 6) is 0.385. The average Bonchev–Trinajstić information content (AvgIpc) is 3.02. The fourth-order valence-corrected chi connectivity index (χ4v) is 7.22. The lowest BCUT2D eigenvalue weighted by Crippen LogP contribution is -2.47. The van der Waals surface area contributed by atoms with E-state index < -0.39 is 50.8 Å². The predicted molar refractivity (Wildman–Crippen MR) is 199 cm³/mol. The number of ether oxygens (including phenoxy) is 4. The molecule has 0 aromatic rings. The molecular formula is C31H72N2O17Si3. The minimum Gasteiger partial charge on any atom is -0.390 e. The Morgan fingerprint density at radius 2 is 0.774 bits per heavy atom. The van der Waals surface area contributed by atoms with Gasteiger partial charge in [0.1, 0.15) is 0 Å². The number of aliphatic hydroxyl groups excluding tert-OH is 4. The van der Waals surface area contributed by atoms with Crippen LogP contribution in [0, 0.1) is 5.92 Å². The van der Waals surface area contributed by atoms with Crippen LogP contribution in [0.4, 0.5) is 0 Å². The van der Waals surface area contributed by atoms with Crippen LogP contribution in [0.25, 0.3) is 0 Å². The van der Waals surface area contributed by atoms with Gasteiger partial charge in [-0.3, -0.25) is 9.80 Å². The third kappa shape index (κ3) is 36.0. The Bertz CT molecular complexity index is 826. The molecule has 22 heteroatoms. The zero-order valence-corrected chi connectivity index (χ0v) is 34.7. The number of aliphatic hydroxyl groups is 4. The topological polar surface area (TPSA) is 306 Å². The standard InChI is InChI=1S/C31H72N2O17Si3/c1-3-5-9-27(4-2)22-50-26-31(37)21-33(20-30(36)25-49-14-8-17-53(44,45)46)11-10-32(18-28(34)23-47-12-6-15-51(38,39)40)19-29(35)24-48-13-7-16-52(41,42)43/h27-31,34-46H,3-26H2,1-2H3. The van der Waals surface area contributed by atoms with Crippen LogP contribution in [0.3, 0.4) is 0 Å². The zero-order valence-electron chi connectivity index (χ0n) is 31.7. The van der Waals surface area contributed by atoms with Crippen LogP contribution in [-0.2, 0) is 18.9 Å². The predicted octanol–water partition coefficient (Wildman–Crippen LogP) is -3.77. The second-order valence-electron chi connectivity index (χ2n) is 13.9. The SMILES string of the molecule is CCCCC(CC)COCC(O)CN(CCN(CC(O)COCCC[Si](O)(O)O)CC(O)COCCC[Si](O)(O)O)CC(O)COCCC[Si](O)(O)O. The molecule has 5 unspecified atom stereocenters. The second kappa shape index (κ2) is 30.0. The molecule has 0 aromatic heterocycles. The van der Waals surface area contributed by atoms with Gasteiger partial charge in [-0.1, -0.05) is 33.1 Å². The van der Waals surface area contributed by atoms with E-state index in [1.807, 2.05) is 0 Å². The molecule has 0 saturated carbocycles. The summed E-state index contributed by atoms with van der Waals surface area (Å²) in [5.41, 5.74) is 0. The van der Waals surface area contributed by atoms with E-state index in [-0.39, 0.29) is 123 Å². The van der Waals surface area contributed by atoms with Gasteiger partial charge in [-0.25, -0.2) is 0 Å².